The molecule has 0 fully saturated rings. The van der Waals surface area contributed by atoms with Gasteiger partial charge >= 0.3 is 0 Å². The summed E-state index contributed by atoms with van der Waals surface area (Å²) in [7, 11) is 0. The first kappa shape index (κ1) is 21.7. The van der Waals surface area contributed by atoms with Gasteiger partial charge in [-0.25, -0.2) is 0 Å². The molecule has 0 unspecified atom stereocenters. The third-order valence-corrected chi connectivity index (χ3v) is 7.94. The van der Waals surface area contributed by atoms with E-state index in [4.69, 9.17) is 0 Å². The van der Waals surface area contributed by atoms with Crippen molar-refractivity contribution in [3.63, 3.8) is 0 Å². The summed E-state index contributed by atoms with van der Waals surface area (Å²) in [4.78, 5) is 4.85. The highest BCUT2D eigenvalue weighted by Crippen LogP contribution is 2.56. The summed E-state index contributed by atoms with van der Waals surface area (Å²) in [5, 5.41) is 0. The molecule has 2 aliphatic heterocycles. The van der Waals surface area contributed by atoms with Gasteiger partial charge in [-0.2, -0.15) is 0 Å². The lowest BCUT2D eigenvalue weighted by molar-refractivity contribution is 0.632. The van der Waals surface area contributed by atoms with Gasteiger partial charge in [0.05, 0.1) is 34.1 Å². The Morgan fingerprint density at radius 3 is 1.22 bits per heavy atom. The van der Waals surface area contributed by atoms with Crippen LogP contribution >= 0.6 is 0 Å². The van der Waals surface area contributed by atoms with Gasteiger partial charge in [-0.05, 0) is 53.1 Å². The van der Waals surface area contributed by atoms with Gasteiger partial charge in [0.1, 0.15) is 0 Å². The molecular weight excluding hydrogens is 448 g/mol. The fourth-order valence-electron chi connectivity index (χ4n) is 6.15. The van der Waals surface area contributed by atoms with E-state index in [1.54, 1.807) is 0 Å². The fourth-order valence-corrected chi connectivity index (χ4v) is 6.15. The third-order valence-electron chi connectivity index (χ3n) is 7.94. The second-order valence-corrected chi connectivity index (χ2v) is 10.3. The predicted molar refractivity (Wildman–Crippen MR) is 156 cm³/mol. The molecule has 2 heterocycles. The Bertz CT molecular complexity index is 1590. The molecule has 0 amide bonds. The Morgan fingerprint density at radius 1 is 0.432 bits per heavy atom. The predicted octanol–water partition coefficient (Wildman–Crippen LogP) is 9.64. The van der Waals surface area contributed by atoms with E-state index in [9.17, 15) is 0 Å². The van der Waals surface area contributed by atoms with Gasteiger partial charge in [0.2, 0.25) is 0 Å². The van der Waals surface area contributed by atoms with E-state index in [-0.39, 0.29) is 5.41 Å². The summed E-state index contributed by atoms with van der Waals surface area (Å²) in [6.07, 6.45) is 0. The van der Waals surface area contributed by atoms with Crippen LogP contribution in [0, 0.1) is 0 Å². The highest BCUT2D eigenvalue weighted by atomic mass is 15.2. The van der Waals surface area contributed by atoms with Crippen LogP contribution in [0.25, 0.3) is 5.57 Å². The molecule has 0 aromatic heterocycles. The number of anilines is 6. The minimum atomic E-state index is -0.0965. The van der Waals surface area contributed by atoms with Gasteiger partial charge in [0.25, 0.3) is 0 Å². The van der Waals surface area contributed by atoms with Crippen LogP contribution in [0.2, 0.25) is 0 Å². The zero-order valence-electron chi connectivity index (χ0n) is 21.1. The third kappa shape index (κ3) is 3.06. The van der Waals surface area contributed by atoms with Crippen LogP contribution in [0.5, 0.6) is 0 Å². The SMILES string of the molecule is C=C1c2ccccc2N(c2ccccc2N2c3ccccc3C(C)(C)c3ccccc32)c2ccccc21. The van der Waals surface area contributed by atoms with Gasteiger partial charge < -0.3 is 9.80 Å². The second-order valence-electron chi connectivity index (χ2n) is 10.3. The number of hydrogen-bond donors (Lipinski definition) is 0. The number of rotatable bonds is 2. The maximum Gasteiger partial charge on any atom is 0.0702 e. The second kappa shape index (κ2) is 7.97. The first-order valence-corrected chi connectivity index (χ1v) is 12.8. The van der Waals surface area contributed by atoms with Crippen molar-refractivity contribution in [2.75, 3.05) is 9.80 Å². The van der Waals surface area contributed by atoms with Crippen LogP contribution < -0.4 is 9.80 Å². The van der Waals surface area contributed by atoms with E-state index in [1.165, 1.54) is 22.5 Å². The Labute approximate surface area is 218 Å². The van der Waals surface area contributed by atoms with E-state index in [0.717, 1.165) is 39.4 Å². The van der Waals surface area contributed by atoms with Gasteiger partial charge in [-0.3, -0.25) is 0 Å². The average molecular weight is 477 g/mol. The number of fused-ring (bicyclic) bond motifs is 4. The molecule has 2 nitrogen and oxygen atoms in total. The van der Waals surface area contributed by atoms with E-state index in [2.05, 4.69) is 152 Å². The smallest absolute Gasteiger partial charge is 0.0702 e. The van der Waals surface area contributed by atoms with Gasteiger partial charge in [-0.1, -0.05) is 105 Å². The topological polar surface area (TPSA) is 6.48 Å². The van der Waals surface area contributed by atoms with Gasteiger partial charge in [0.15, 0.2) is 0 Å². The molecular formula is C35H28N2. The first-order chi connectivity index (χ1) is 18.1. The molecule has 0 N–H and O–H groups in total. The Morgan fingerprint density at radius 2 is 0.757 bits per heavy atom. The quantitative estimate of drug-likeness (QED) is 0.245. The van der Waals surface area contributed by atoms with Crippen molar-refractivity contribution in [1.82, 2.24) is 0 Å². The lowest BCUT2D eigenvalue weighted by Crippen LogP contribution is -2.31. The van der Waals surface area contributed by atoms with Crippen LogP contribution in [0.1, 0.15) is 36.1 Å². The summed E-state index contributed by atoms with van der Waals surface area (Å²) >= 11 is 0. The van der Waals surface area contributed by atoms with Crippen LogP contribution in [0.4, 0.5) is 34.1 Å². The number of nitrogens with zero attached hydrogens (tertiary/aromatic N) is 2. The van der Waals surface area contributed by atoms with Crippen molar-refractivity contribution < 1.29 is 0 Å². The van der Waals surface area contributed by atoms with Gasteiger partial charge in [-0.15, -0.1) is 0 Å². The maximum atomic E-state index is 4.48. The minimum Gasteiger partial charge on any atom is -0.308 e. The lowest BCUT2D eigenvalue weighted by Gasteiger charge is -2.43. The monoisotopic (exact) mass is 476 g/mol. The number of benzene rings is 5. The van der Waals surface area contributed by atoms with Crippen LogP contribution in [-0.2, 0) is 5.41 Å². The van der Waals surface area contributed by atoms with E-state index in [1.807, 2.05) is 0 Å². The van der Waals surface area contributed by atoms with Crippen molar-refractivity contribution in [2.24, 2.45) is 0 Å². The largest absolute Gasteiger partial charge is 0.308 e. The maximum absolute atomic E-state index is 4.48. The molecule has 178 valence electrons. The van der Waals surface area contributed by atoms with Crippen molar-refractivity contribution >= 4 is 39.7 Å². The summed E-state index contributed by atoms with van der Waals surface area (Å²) in [6, 6.07) is 43.6. The molecule has 0 spiro atoms. The summed E-state index contributed by atoms with van der Waals surface area (Å²) < 4.78 is 0. The number of para-hydroxylation sites is 6. The zero-order chi connectivity index (χ0) is 25.1. The molecule has 0 bridgehead atoms. The van der Waals surface area contributed by atoms with Crippen LogP contribution in [0.15, 0.2) is 128 Å². The summed E-state index contributed by atoms with van der Waals surface area (Å²) in [5.74, 6) is 0. The Hall–Kier alpha value is -4.56. The molecule has 0 aliphatic carbocycles. The van der Waals surface area contributed by atoms with Crippen molar-refractivity contribution in [2.45, 2.75) is 19.3 Å². The fraction of sp³-hybridized carbons (Fsp3) is 0.0857. The molecule has 0 saturated heterocycles. The molecule has 2 aliphatic rings. The average Bonchev–Trinajstić information content (AvgIpc) is 2.94. The van der Waals surface area contributed by atoms with Crippen molar-refractivity contribution in [1.29, 1.82) is 0 Å². The number of hydrogen-bond acceptors (Lipinski definition) is 2. The zero-order valence-corrected chi connectivity index (χ0v) is 21.1. The standard InChI is InChI=1S/C35H28N2/c1-24-25-14-4-8-18-29(25)36(30-19-9-5-15-26(24)30)33-22-12-13-23-34(33)37-31-20-10-6-16-27(31)35(2,3)28-17-7-11-21-32(28)37/h4-23H,1H2,2-3H3. The molecule has 37 heavy (non-hydrogen) atoms. The molecule has 5 aromatic carbocycles. The van der Waals surface area contributed by atoms with E-state index < -0.39 is 0 Å². The highest BCUT2D eigenvalue weighted by molar-refractivity contribution is 6.03. The molecule has 5 aromatic rings. The normalized spacial score (nSPS) is 14.9. The summed E-state index contributed by atoms with van der Waals surface area (Å²) in [5.41, 5.74) is 13.0. The summed E-state index contributed by atoms with van der Waals surface area (Å²) in [6.45, 7) is 9.14. The molecule has 0 saturated carbocycles. The first-order valence-electron chi connectivity index (χ1n) is 12.8. The van der Waals surface area contributed by atoms with Crippen LogP contribution in [0.3, 0.4) is 0 Å². The molecule has 0 radical (unpaired) electrons. The van der Waals surface area contributed by atoms with Crippen molar-refractivity contribution in [3.8, 4) is 0 Å². The highest BCUT2D eigenvalue weighted by Gasteiger charge is 2.38. The minimum absolute atomic E-state index is 0.0965. The van der Waals surface area contributed by atoms with Gasteiger partial charge in [0, 0.05) is 16.5 Å². The molecule has 2 heteroatoms. The van der Waals surface area contributed by atoms with E-state index in [0.29, 0.717) is 0 Å². The Kier molecular flexibility index (Phi) is 4.68. The van der Waals surface area contributed by atoms with Crippen molar-refractivity contribution in [3.05, 3.63) is 150 Å². The molecule has 7 rings (SSSR count). The van der Waals surface area contributed by atoms with E-state index >= 15 is 0 Å². The molecule has 0 atom stereocenters. The van der Waals surface area contributed by atoms with Crippen LogP contribution in [-0.4, -0.2) is 0 Å². The lowest BCUT2D eigenvalue weighted by atomic mass is 9.73. The Balaban J connectivity index is 1.53.